The molecule has 6 heteroatoms. The number of methoxy groups -OCH3 is 2. The SMILES string of the molecule is COc1ccc(OC)c(/C=N/NC(=O)Cc2ccc(F)cc2)c1. The number of rotatable bonds is 6. The minimum atomic E-state index is -0.336. The fraction of sp³-hybridized carbons (Fsp3) is 0.176. The average Bonchev–Trinajstić information content (AvgIpc) is 2.57. The minimum absolute atomic E-state index is 0.118. The lowest BCUT2D eigenvalue weighted by molar-refractivity contribution is -0.120. The van der Waals surface area contributed by atoms with Crippen LogP contribution in [0.3, 0.4) is 0 Å². The molecular formula is C17H17FN2O3. The third-order valence-electron chi connectivity index (χ3n) is 3.11. The lowest BCUT2D eigenvalue weighted by Crippen LogP contribution is -2.19. The van der Waals surface area contributed by atoms with Crippen LogP contribution in [0.15, 0.2) is 47.6 Å². The van der Waals surface area contributed by atoms with Crippen LogP contribution in [0.4, 0.5) is 4.39 Å². The van der Waals surface area contributed by atoms with Crippen LogP contribution in [0.5, 0.6) is 11.5 Å². The smallest absolute Gasteiger partial charge is 0.244 e. The van der Waals surface area contributed by atoms with E-state index in [2.05, 4.69) is 10.5 Å². The number of hydrogen-bond donors (Lipinski definition) is 1. The third kappa shape index (κ3) is 4.81. The Morgan fingerprint density at radius 2 is 1.91 bits per heavy atom. The summed E-state index contributed by atoms with van der Waals surface area (Å²) in [5, 5.41) is 3.91. The van der Waals surface area contributed by atoms with Crippen molar-refractivity contribution in [3.8, 4) is 11.5 Å². The van der Waals surface area contributed by atoms with Crippen molar-refractivity contribution in [1.82, 2.24) is 5.43 Å². The van der Waals surface area contributed by atoms with E-state index in [1.807, 2.05) is 0 Å². The fourth-order valence-corrected chi connectivity index (χ4v) is 1.94. The molecule has 0 radical (unpaired) electrons. The van der Waals surface area contributed by atoms with E-state index in [0.717, 1.165) is 0 Å². The number of nitrogens with zero attached hydrogens (tertiary/aromatic N) is 1. The first kappa shape index (κ1) is 16.5. The number of benzene rings is 2. The standard InChI is InChI=1S/C17H17FN2O3/c1-22-15-7-8-16(23-2)13(10-15)11-19-20-17(21)9-12-3-5-14(18)6-4-12/h3-8,10-11H,9H2,1-2H3,(H,20,21)/b19-11+. The summed E-state index contributed by atoms with van der Waals surface area (Å²) in [6, 6.07) is 11.0. The molecule has 0 aliphatic carbocycles. The Kier molecular flexibility index (Phi) is 5.68. The predicted molar refractivity (Wildman–Crippen MR) is 85.4 cm³/mol. The molecule has 0 saturated heterocycles. The Bertz CT molecular complexity index is 699. The van der Waals surface area contributed by atoms with Crippen LogP contribution in [-0.2, 0) is 11.2 Å². The molecule has 0 aromatic heterocycles. The molecule has 5 nitrogen and oxygen atoms in total. The summed E-state index contributed by atoms with van der Waals surface area (Å²) < 4.78 is 23.2. The van der Waals surface area contributed by atoms with Crippen molar-refractivity contribution < 1.29 is 18.7 Å². The zero-order valence-electron chi connectivity index (χ0n) is 12.9. The Hall–Kier alpha value is -2.89. The van der Waals surface area contributed by atoms with Crippen molar-refractivity contribution in [1.29, 1.82) is 0 Å². The average molecular weight is 316 g/mol. The van der Waals surface area contributed by atoms with Gasteiger partial charge >= 0.3 is 0 Å². The number of carbonyl (C=O) groups is 1. The summed E-state index contributed by atoms with van der Waals surface area (Å²) in [5.41, 5.74) is 3.80. The first-order valence-corrected chi connectivity index (χ1v) is 6.90. The maximum absolute atomic E-state index is 12.8. The number of hydrazone groups is 1. The number of nitrogens with one attached hydrogen (secondary N) is 1. The Morgan fingerprint density at radius 3 is 2.57 bits per heavy atom. The van der Waals surface area contributed by atoms with Crippen LogP contribution in [0.25, 0.3) is 0 Å². The summed E-state index contributed by atoms with van der Waals surface area (Å²) in [4.78, 5) is 11.8. The highest BCUT2D eigenvalue weighted by atomic mass is 19.1. The van der Waals surface area contributed by atoms with Gasteiger partial charge in [0.2, 0.25) is 5.91 Å². The van der Waals surface area contributed by atoms with Gasteiger partial charge in [0.15, 0.2) is 0 Å². The Morgan fingerprint density at radius 1 is 1.17 bits per heavy atom. The molecule has 23 heavy (non-hydrogen) atoms. The van der Waals surface area contributed by atoms with Gasteiger partial charge in [-0.2, -0.15) is 5.10 Å². The number of halogens is 1. The van der Waals surface area contributed by atoms with Gasteiger partial charge in [0.25, 0.3) is 0 Å². The van der Waals surface area contributed by atoms with E-state index in [9.17, 15) is 9.18 Å². The predicted octanol–water partition coefficient (Wildman–Crippen LogP) is 2.54. The van der Waals surface area contributed by atoms with Crippen LogP contribution in [0, 0.1) is 5.82 Å². The minimum Gasteiger partial charge on any atom is -0.497 e. The highest BCUT2D eigenvalue weighted by Crippen LogP contribution is 2.22. The Labute approximate surface area is 133 Å². The quantitative estimate of drug-likeness (QED) is 0.658. The molecule has 0 unspecified atom stereocenters. The van der Waals surface area contributed by atoms with E-state index in [4.69, 9.17) is 9.47 Å². The fourth-order valence-electron chi connectivity index (χ4n) is 1.94. The largest absolute Gasteiger partial charge is 0.497 e. The van der Waals surface area contributed by atoms with E-state index in [1.54, 1.807) is 44.6 Å². The maximum Gasteiger partial charge on any atom is 0.244 e. The third-order valence-corrected chi connectivity index (χ3v) is 3.11. The zero-order valence-corrected chi connectivity index (χ0v) is 12.9. The topological polar surface area (TPSA) is 59.9 Å². The van der Waals surface area contributed by atoms with E-state index >= 15 is 0 Å². The lowest BCUT2D eigenvalue weighted by Gasteiger charge is -2.06. The molecule has 2 rings (SSSR count). The van der Waals surface area contributed by atoms with Crippen molar-refractivity contribution >= 4 is 12.1 Å². The molecular weight excluding hydrogens is 299 g/mol. The summed E-state index contributed by atoms with van der Waals surface area (Å²) >= 11 is 0. The van der Waals surface area contributed by atoms with Gasteiger partial charge in [0.05, 0.1) is 26.9 Å². The van der Waals surface area contributed by atoms with Crippen LogP contribution in [-0.4, -0.2) is 26.3 Å². The van der Waals surface area contributed by atoms with Gasteiger partial charge in [0.1, 0.15) is 17.3 Å². The van der Waals surface area contributed by atoms with Gasteiger partial charge < -0.3 is 9.47 Å². The van der Waals surface area contributed by atoms with Crippen molar-refractivity contribution in [2.45, 2.75) is 6.42 Å². The molecule has 0 atom stereocenters. The van der Waals surface area contributed by atoms with Crippen LogP contribution >= 0.6 is 0 Å². The highest BCUT2D eigenvalue weighted by Gasteiger charge is 2.04. The molecule has 120 valence electrons. The van der Waals surface area contributed by atoms with Crippen molar-refractivity contribution in [3.05, 3.63) is 59.4 Å². The van der Waals surface area contributed by atoms with Gasteiger partial charge in [-0.3, -0.25) is 4.79 Å². The molecule has 0 heterocycles. The first-order chi connectivity index (χ1) is 11.1. The summed E-state index contributed by atoms with van der Waals surface area (Å²) in [5.74, 6) is 0.638. The Balaban J connectivity index is 1.98. The van der Waals surface area contributed by atoms with Gasteiger partial charge in [0, 0.05) is 5.56 Å². The number of ether oxygens (including phenoxy) is 2. The van der Waals surface area contributed by atoms with Gasteiger partial charge in [-0.25, -0.2) is 9.82 Å². The summed E-state index contributed by atoms with van der Waals surface area (Å²) in [7, 11) is 3.11. The van der Waals surface area contributed by atoms with Gasteiger partial charge in [-0.15, -0.1) is 0 Å². The maximum atomic E-state index is 12.8. The second-order valence-corrected chi connectivity index (χ2v) is 4.70. The van der Waals surface area contributed by atoms with E-state index in [1.165, 1.54) is 18.3 Å². The molecule has 0 saturated carbocycles. The second-order valence-electron chi connectivity index (χ2n) is 4.70. The molecule has 1 amide bonds. The molecule has 0 bridgehead atoms. The molecule has 0 fully saturated rings. The van der Waals surface area contributed by atoms with Crippen LogP contribution in [0.2, 0.25) is 0 Å². The van der Waals surface area contributed by atoms with Crippen molar-refractivity contribution in [2.75, 3.05) is 14.2 Å². The molecule has 0 aliphatic heterocycles. The van der Waals surface area contributed by atoms with Crippen LogP contribution in [0.1, 0.15) is 11.1 Å². The monoisotopic (exact) mass is 316 g/mol. The molecule has 2 aromatic carbocycles. The van der Waals surface area contributed by atoms with Crippen LogP contribution < -0.4 is 14.9 Å². The highest BCUT2D eigenvalue weighted by molar-refractivity contribution is 5.86. The van der Waals surface area contributed by atoms with Gasteiger partial charge in [-0.05, 0) is 35.9 Å². The zero-order chi connectivity index (χ0) is 16.7. The molecule has 0 aliphatic rings. The number of hydrogen-bond acceptors (Lipinski definition) is 4. The first-order valence-electron chi connectivity index (χ1n) is 6.90. The molecule has 2 aromatic rings. The number of amides is 1. The molecule has 1 N–H and O–H groups in total. The number of carbonyl (C=O) groups excluding carboxylic acids is 1. The summed E-state index contributed by atoms with van der Waals surface area (Å²) in [6.07, 6.45) is 1.59. The second kappa shape index (κ2) is 7.93. The van der Waals surface area contributed by atoms with E-state index in [-0.39, 0.29) is 18.1 Å². The van der Waals surface area contributed by atoms with Crippen molar-refractivity contribution in [2.24, 2.45) is 5.10 Å². The molecule has 0 spiro atoms. The normalized spacial score (nSPS) is 10.6. The summed E-state index contributed by atoms with van der Waals surface area (Å²) in [6.45, 7) is 0. The van der Waals surface area contributed by atoms with Crippen molar-refractivity contribution in [3.63, 3.8) is 0 Å². The van der Waals surface area contributed by atoms with E-state index in [0.29, 0.717) is 22.6 Å². The van der Waals surface area contributed by atoms with Gasteiger partial charge in [-0.1, -0.05) is 12.1 Å². The lowest BCUT2D eigenvalue weighted by atomic mass is 10.1. The van der Waals surface area contributed by atoms with E-state index < -0.39 is 0 Å².